The van der Waals surface area contributed by atoms with Gasteiger partial charge in [0.2, 0.25) is 10.0 Å². The van der Waals surface area contributed by atoms with Crippen molar-refractivity contribution in [3.8, 4) is 0 Å². The zero-order valence-electron chi connectivity index (χ0n) is 12.0. The summed E-state index contributed by atoms with van der Waals surface area (Å²) in [5, 5.41) is 4.98. The predicted molar refractivity (Wildman–Crippen MR) is 83.0 cm³/mol. The number of hydrogen-bond donors (Lipinski definition) is 1. The number of sulfonamides is 1. The zero-order valence-corrected chi connectivity index (χ0v) is 13.6. The van der Waals surface area contributed by atoms with Crippen molar-refractivity contribution in [1.82, 2.24) is 14.5 Å². The first-order valence-electron chi connectivity index (χ1n) is 6.66. The normalized spacial score (nSPS) is 11.8. The third-order valence-corrected chi connectivity index (χ3v) is 5.21. The van der Waals surface area contributed by atoms with Crippen molar-refractivity contribution in [2.24, 2.45) is 0 Å². The highest BCUT2D eigenvalue weighted by Gasteiger charge is 2.13. The lowest BCUT2D eigenvalue weighted by atomic mass is 10.4. The number of nitrogens with one attached hydrogen (secondary N) is 1. The van der Waals surface area contributed by atoms with Crippen LogP contribution in [-0.2, 0) is 16.6 Å². The minimum atomic E-state index is -3.43. The van der Waals surface area contributed by atoms with E-state index in [9.17, 15) is 8.42 Å². The first-order valence-corrected chi connectivity index (χ1v) is 8.52. The van der Waals surface area contributed by atoms with Crippen LogP contribution in [0.4, 0.5) is 0 Å². The van der Waals surface area contributed by atoms with Crippen molar-refractivity contribution >= 4 is 21.6 Å². The van der Waals surface area contributed by atoms with E-state index in [0.717, 1.165) is 11.4 Å². The number of aryl methyl sites for hydroxylation is 2. The summed E-state index contributed by atoms with van der Waals surface area (Å²) in [7, 11) is -3.43. The Hall–Kier alpha value is -1.37. The number of aromatic nitrogens is 2. The second-order valence-corrected chi connectivity index (χ2v) is 6.92. The number of benzene rings is 1. The molecule has 0 fully saturated rings. The van der Waals surface area contributed by atoms with Crippen LogP contribution in [0.25, 0.3) is 0 Å². The molecule has 0 saturated heterocycles. The van der Waals surface area contributed by atoms with Gasteiger partial charge in [-0.3, -0.25) is 4.68 Å². The maximum Gasteiger partial charge on any atom is 0.240 e. The van der Waals surface area contributed by atoms with E-state index < -0.39 is 10.0 Å². The Labute approximate surface area is 130 Å². The van der Waals surface area contributed by atoms with Crippen molar-refractivity contribution in [1.29, 1.82) is 0 Å². The Balaban J connectivity index is 1.89. The highest BCUT2D eigenvalue weighted by molar-refractivity contribution is 7.89. The van der Waals surface area contributed by atoms with E-state index in [1.165, 1.54) is 0 Å². The van der Waals surface area contributed by atoms with Gasteiger partial charge in [-0.05, 0) is 32.4 Å². The van der Waals surface area contributed by atoms with Crippen molar-refractivity contribution in [2.45, 2.75) is 31.7 Å². The number of halogens is 1. The molecule has 0 saturated carbocycles. The third-order valence-electron chi connectivity index (χ3n) is 3.19. The summed E-state index contributed by atoms with van der Waals surface area (Å²) >= 11 is 6.07. The Morgan fingerprint density at radius 2 is 1.90 bits per heavy atom. The van der Waals surface area contributed by atoms with Gasteiger partial charge in [-0.25, -0.2) is 13.1 Å². The average molecular weight is 328 g/mol. The summed E-state index contributed by atoms with van der Waals surface area (Å²) in [5.74, 6) is 0. The molecule has 5 nitrogen and oxygen atoms in total. The second-order valence-electron chi connectivity index (χ2n) is 4.77. The molecule has 0 amide bonds. The fraction of sp³-hybridized carbons (Fsp3) is 0.357. The largest absolute Gasteiger partial charge is 0.268 e. The van der Waals surface area contributed by atoms with Crippen LogP contribution in [-0.4, -0.2) is 24.7 Å². The van der Waals surface area contributed by atoms with Crippen LogP contribution in [0.5, 0.6) is 0 Å². The Bertz CT molecular complexity index is 711. The number of nitrogens with zero attached hydrogens (tertiary/aromatic N) is 2. The van der Waals surface area contributed by atoms with E-state index in [1.54, 1.807) is 35.0 Å². The molecule has 114 valence electrons. The summed E-state index contributed by atoms with van der Waals surface area (Å²) in [6, 6.07) is 8.33. The molecule has 2 aromatic rings. The van der Waals surface area contributed by atoms with Gasteiger partial charge in [0, 0.05) is 13.1 Å². The average Bonchev–Trinajstić information content (AvgIpc) is 2.72. The van der Waals surface area contributed by atoms with Gasteiger partial charge in [0.05, 0.1) is 21.3 Å². The molecule has 1 N–H and O–H groups in total. The van der Waals surface area contributed by atoms with Gasteiger partial charge < -0.3 is 0 Å². The summed E-state index contributed by atoms with van der Waals surface area (Å²) in [4.78, 5) is 0.277. The smallest absolute Gasteiger partial charge is 0.240 e. The van der Waals surface area contributed by atoms with Crippen LogP contribution in [0.15, 0.2) is 35.2 Å². The van der Waals surface area contributed by atoms with Crippen molar-refractivity contribution in [3.63, 3.8) is 0 Å². The standard InChI is InChI=1S/C14H18ClN3O2S/c1-11-14(15)12(2)18(17-11)10-6-9-16-21(19,20)13-7-4-3-5-8-13/h3-5,7-8,16H,6,9-10H2,1-2H3. The van der Waals surface area contributed by atoms with Crippen molar-refractivity contribution in [3.05, 3.63) is 46.7 Å². The molecule has 0 spiro atoms. The van der Waals surface area contributed by atoms with E-state index in [1.807, 2.05) is 13.8 Å². The first kappa shape index (κ1) is 16.0. The zero-order chi connectivity index (χ0) is 15.5. The summed E-state index contributed by atoms with van der Waals surface area (Å²) in [6.45, 7) is 4.73. The molecule has 1 aromatic heterocycles. The highest BCUT2D eigenvalue weighted by Crippen LogP contribution is 2.18. The minimum absolute atomic E-state index is 0.277. The van der Waals surface area contributed by atoms with Gasteiger partial charge in [0.25, 0.3) is 0 Å². The third kappa shape index (κ3) is 3.84. The molecule has 0 radical (unpaired) electrons. The van der Waals surface area contributed by atoms with Gasteiger partial charge in [0.15, 0.2) is 0 Å². The van der Waals surface area contributed by atoms with E-state index in [4.69, 9.17) is 11.6 Å². The Morgan fingerprint density at radius 3 is 2.48 bits per heavy atom. The van der Waals surface area contributed by atoms with Crippen LogP contribution in [0.2, 0.25) is 5.02 Å². The van der Waals surface area contributed by atoms with Crippen LogP contribution in [0, 0.1) is 13.8 Å². The molecular weight excluding hydrogens is 310 g/mol. The fourth-order valence-corrected chi connectivity index (χ4v) is 3.24. The molecule has 0 aliphatic carbocycles. The molecule has 7 heteroatoms. The lowest BCUT2D eigenvalue weighted by Crippen LogP contribution is -2.25. The lowest BCUT2D eigenvalue weighted by molar-refractivity contribution is 0.544. The maximum atomic E-state index is 12.0. The minimum Gasteiger partial charge on any atom is -0.268 e. The summed E-state index contributed by atoms with van der Waals surface area (Å²) in [5.41, 5.74) is 1.69. The van der Waals surface area contributed by atoms with Gasteiger partial charge in [-0.15, -0.1) is 0 Å². The maximum absolute atomic E-state index is 12.0. The van der Waals surface area contributed by atoms with Crippen LogP contribution >= 0.6 is 11.6 Å². The van der Waals surface area contributed by atoms with E-state index >= 15 is 0 Å². The molecule has 0 aliphatic heterocycles. The molecule has 1 aromatic carbocycles. The van der Waals surface area contributed by atoms with Crippen LogP contribution < -0.4 is 4.72 Å². The molecule has 1 heterocycles. The van der Waals surface area contributed by atoms with Gasteiger partial charge in [0.1, 0.15) is 0 Å². The summed E-state index contributed by atoms with van der Waals surface area (Å²) in [6.07, 6.45) is 0.643. The lowest BCUT2D eigenvalue weighted by Gasteiger charge is -2.07. The predicted octanol–water partition coefficient (Wildman–Crippen LogP) is 2.52. The SMILES string of the molecule is Cc1nn(CCCNS(=O)(=O)c2ccccc2)c(C)c1Cl. The Kier molecular flexibility index (Phi) is 5.03. The van der Waals surface area contributed by atoms with E-state index in [-0.39, 0.29) is 4.90 Å². The molecule has 2 rings (SSSR count). The molecule has 0 aliphatic rings. The fourth-order valence-electron chi connectivity index (χ4n) is 2.01. The second kappa shape index (κ2) is 6.60. The molecule has 21 heavy (non-hydrogen) atoms. The summed E-state index contributed by atoms with van der Waals surface area (Å²) < 4.78 is 28.4. The highest BCUT2D eigenvalue weighted by atomic mass is 35.5. The van der Waals surface area contributed by atoms with Gasteiger partial charge >= 0.3 is 0 Å². The topological polar surface area (TPSA) is 64.0 Å². The van der Waals surface area contributed by atoms with Crippen LogP contribution in [0.1, 0.15) is 17.8 Å². The monoisotopic (exact) mass is 327 g/mol. The first-order chi connectivity index (χ1) is 9.92. The van der Waals surface area contributed by atoms with E-state index in [2.05, 4.69) is 9.82 Å². The molecule has 0 atom stereocenters. The molecule has 0 unspecified atom stereocenters. The van der Waals surface area contributed by atoms with Crippen molar-refractivity contribution < 1.29 is 8.42 Å². The number of hydrogen-bond acceptors (Lipinski definition) is 3. The van der Waals surface area contributed by atoms with Crippen LogP contribution in [0.3, 0.4) is 0 Å². The molecular formula is C14H18ClN3O2S. The van der Waals surface area contributed by atoms with Gasteiger partial charge in [-0.1, -0.05) is 29.8 Å². The quantitative estimate of drug-likeness (QED) is 0.829. The van der Waals surface area contributed by atoms with Gasteiger partial charge in [-0.2, -0.15) is 5.10 Å². The Morgan fingerprint density at radius 1 is 1.24 bits per heavy atom. The molecule has 0 bridgehead atoms. The van der Waals surface area contributed by atoms with Crippen molar-refractivity contribution in [2.75, 3.05) is 6.54 Å². The number of rotatable bonds is 6. The van der Waals surface area contributed by atoms with E-state index in [0.29, 0.717) is 24.5 Å².